The summed E-state index contributed by atoms with van der Waals surface area (Å²) >= 11 is 0. The van der Waals surface area contributed by atoms with Crippen LogP contribution in [0.25, 0.3) is 10.4 Å². The molecule has 0 heterocycles. The molecule has 0 amide bonds. The zero-order valence-corrected chi connectivity index (χ0v) is 7.83. The second-order valence-electron chi connectivity index (χ2n) is 2.79. The first-order valence-electron chi connectivity index (χ1n) is 4.11. The molecule has 74 valence electrons. The maximum atomic E-state index is 9.69. The van der Waals surface area contributed by atoms with Crippen molar-refractivity contribution in [2.45, 2.75) is 6.10 Å². The van der Waals surface area contributed by atoms with Crippen LogP contribution in [0.1, 0.15) is 11.7 Å². The Labute approximate surface area is 86.5 Å². The highest BCUT2D eigenvalue weighted by molar-refractivity contribution is 5.50. The third kappa shape index (κ3) is 2.35. The van der Waals surface area contributed by atoms with Crippen LogP contribution in [0, 0.1) is 11.3 Å². The van der Waals surface area contributed by atoms with Gasteiger partial charge >= 0.3 is 0 Å². The van der Waals surface area contributed by atoms with Crippen molar-refractivity contribution in [1.82, 2.24) is 0 Å². The molecule has 0 saturated carbocycles. The Balaban J connectivity index is 3.19. The summed E-state index contributed by atoms with van der Waals surface area (Å²) in [5.41, 5.74) is 8.99. The highest BCUT2D eigenvalue weighted by Crippen LogP contribution is 2.29. The van der Waals surface area contributed by atoms with Gasteiger partial charge in [-0.25, -0.2) is 0 Å². The standard InChI is InChI=1S/C10H8N4O/c1-7(6-11)10(15)8-4-2-3-5-9(8)13-14-12/h2-5,10,15H,1H2. The number of hydrogen-bond donors (Lipinski definition) is 1. The molecule has 0 bridgehead atoms. The van der Waals surface area contributed by atoms with Crippen LogP contribution in [0.4, 0.5) is 5.69 Å². The maximum absolute atomic E-state index is 9.69. The minimum absolute atomic E-state index is 0.00981. The fraction of sp³-hybridized carbons (Fsp3) is 0.100. The van der Waals surface area contributed by atoms with E-state index < -0.39 is 6.10 Å². The minimum atomic E-state index is -1.13. The number of nitriles is 1. The summed E-state index contributed by atoms with van der Waals surface area (Å²) in [5, 5.41) is 21.7. The van der Waals surface area contributed by atoms with Gasteiger partial charge in [0, 0.05) is 10.6 Å². The Morgan fingerprint density at radius 2 is 2.27 bits per heavy atom. The van der Waals surface area contributed by atoms with Gasteiger partial charge in [0.15, 0.2) is 0 Å². The number of aliphatic hydroxyl groups excluding tert-OH is 1. The van der Waals surface area contributed by atoms with Gasteiger partial charge in [0.05, 0.1) is 11.6 Å². The number of rotatable bonds is 3. The van der Waals surface area contributed by atoms with Crippen LogP contribution in [-0.2, 0) is 0 Å². The lowest BCUT2D eigenvalue weighted by molar-refractivity contribution is 0.221. The Kier molecular flexibility index (Phi) is 3.47. The third-order valence-electron chi connectivity index (χ3n) is 1.86. The van der Waals surface area contributed by atoms with Crippen LogP contribution in [-0.4, -0.2) is 5.11 Å². The molecule has 0 fully saturated rings. The average Bonchev–Trinajstić information content (AvgIpc) is 2.28. The first-order chi connectivity index (χ1) is 7.20. The first-order valence-corrected chi connectivity index (χ1v) is 4.11. The number of benzene rings is 1. The molecular weight excluding hydrogens is 192 g/mol. The molecule has 1 unspecified atom stereocenters. The van der Waals surface area contributed by atoms with Crippen LogP contribution in [0.5, 0.6) is 0 Å². The molecule has 1 atom stereocenters. The molecule has 1 N–H and O–H groups in total. The fourth-order valence-electron chi connectivity index (χ4n) is 1.11. The van der Waals surface area contributed by atoms with Crippen molar-refractivity contribution in [3.8, 4) is 6.07 Å². The molecule has 0 saturated heterocycles. The van der Waals surface area contributed by atoms with E-state index in [4.69, 9.17) is 10.8 Å². The zero-order valence-electron chi connectivity index (χ0n) is 7.83. The molecular formula is C10H8N4O. The molecule has 15 heavy (non-hydrogen) atoms. The van der Waals surface area contributed by atoms with Gasteiger partial charge in [-0.2, -0.15) is 5.26 Å². The van der Waals surface area contributed by atoms with Crippen molar-refractivity contribution in [3.63, 3.8) is 0 Å². The van der Waals surface area contributed by atoms with Crippen molar-refractivity contribution >= 4 is 5.69 Å². The molecule has 1 aromatic carbocycles. The van der Waals surface area contributed by atoms with E-state index in [0.717, 1.165) is 0 Å². The number of azide groups is 1. The van der Waals surface area contributed by atoms with E-state index in [1.54, 1.807) is 30.3 Å². The van der Waals surface area contributed by atoms with Crippen LogP contribution in [0.2, 0.25) is 0 Å². The fourth-order valence-corrected chi connectivity index (χ4v) is 1.11. The smallest absolute Gasteiger partial charge is 0.114 e. The first kappa shape index (κ1) is 10.8. The van der Waals surface area contributed by atoms with Crippen molar-refractivity contribution in [1.29, 1.82) is 5.26 Å². The molecule has 5 heteroatoms. The SMILES string of the molecule is C=C(C#N)C(O)c1ccccc1N=[N+]=[N-]. The topological polar surface area (TPSA) is 92.8 Å². The summed E-state index contributed by atoms with van der Waals surface area (Å²) < 4.78 is 0. The van der Waals surface area contributed by atoms with Crippen molar-refractivity contribution < 1.29 is 5.11 Å². The Morgan fingerprint density at radius 3 is 2.87 bits per heavy atom. The van der Waals surface area contributed by atoms with E-state index in [1.165, 1.54) is 0 Å². The molecule has 0 spiro atoms. The van der Waals surface area contributed by atoms with E-state index in [9.17, 15) is 5.11 Å². The van der Waals surface area contributed by atoms with Crippen LogP contribution >= 0.6 is 0 Å². The van der Waals surface area contributed by atoms with Crippen molar-refractivity contribution in [2.24, 2.45) is 5.11 Å². The molecule has 5 nitrogen and oxygen atoms in total. The van der Waals surface area contributed by atoms with E-state index in [-0.39, 0.29) is 5.57 Å². The third-order valence-corrected chi connectivity index (χ3v) is 1.86. The number of hydrogen-bond acceptors (Lipinski definition) is 3. The van der Waals surface area contributed by atoms with Gasteiger partial charge in [0.1, 0.15) is 6.10 Å². The molecule has 1 rings (SSSR count). The zero-order chi connectivity index (χ0) is 11.3. The lowest BCUT2D eigenvalue weighted by Gasteiger charge is -2.10. The summed E-state index contributed by atoms with van der Waals surface area (Å²) in [7, 11) is 0. The molecule has 0 aromatic heterocycles. The van der Waals surface area contributed by atoms with Crippen LogP contribution in [0.3, 0.4) is 0 Å². The summed E-state index contributed by atoms with van der Waals surface area (Å²) in [6.45, 7) is 3.40. The van der Waals surface area contributed by atoms with Gasteiger partial charge in [-0.1, -0.05) is 36.0 Å². The molecule has 0 radical (unpaired) electrons. The summed E-state index contributed by atoms with van der Waals surface area (Å²) in [5.74, 6) is 0. The van der Waals surface area contributed by atoms with Crippen molar-refractivity contribution in [3.05, 3.63) is 52.4 Å². The predicted octanol–water partition coefficient (Wildman–Crippen LogP) is 2.74. The van der Waals surface area contributed by atoms with Gasteiger partial charge in [0.25, 0.3) is 0 Å². The lowest BCUT2D eigenvalue weighted by Crippen LogP contribution is -1.98. The second-order valence-corrected chi connectivity index (χ2v) is 2.79. The largest absolute Gasteiger partial charge is 0.383 e. The second kappa shape index (κ2) is 4.82. The molecule has 0 aliphatic rings. The Hall–Kier alpha value is -2.28. The van der Waals surface area contributed by atoms with Gasteiger partial charge in [-0.3, -0.25) is 0 Å². The number of aliphatic hydroxyl groups is 1. The average molecular weight is 200 g/mol. The normalized spacial score (nSPS) is 10.9. The monoisotopic (exact) mass is 200 g/mol. The van der Waals surface area contributed by atoms with Crippen LogP contribution < -0.4 is 0 Å². The van der Waals surface area contributed by atoms with Gasteiger partial charge in [-0.15, -0.1) is 0 Å². The van der Waals surface area contributed by atoms with Gasteiger partial charge in [-0.05, 0) is 11.1 Å². The van der Waals surface area contributed by atoms with E-state index in [1.807, 2.05) is 0 Å². The Morgan fingerprint density at radius 1 is 1.60 bits per heavy atom. The summed E-state index contributed by atoms with van der Waals surface area (Å²) in [6.07, 6.45) is -1.13. The summed E-state index contributed by atoms with van der Waals surface area (Å²) in [6, 6.07) is 8.25. The molecule has 1 aromatic rings. The van der Waals surface area contributed by atoms with E-state index in [2.05, 4.69) is 16.6 Å². The minimum Gasteiger partial charge on any atom is -0.383 e. The highest BCUT2D eigenvalue weighted by atomic mass is 16.3. The van der Waals surface area contributed by atoms with Gasteiger partial charge < -0.3 is 5.11 Å². The molecule has 0 aliphatic carbocycles. The van der Waals surface area contributed by atoms with E-state index >= 15 is 0 Å². The lowest BCUT2D eigenvalue weighted by atomic mass is 10.0. The van der Waals surface area contributed by atoms with Crippen molar-refractivity contribution in [2.75, 3.05) is 0 Å². The van der Waals surface area contributed by atoms with E-state index in [0.29, 0.717) is 11.3 Å². The Bertz CT molecular complexity index is 469. The number of nitrogens with zero attached hydrogens (tertiary/aromatic N) is 4. The highest BCUT2D eigenvalue weighted by Gasteiger charge is 2.13. The summed E-state index contributed by atoms with van der Waals surface area (Å²) in [4.78, 5) is 2.64. The van der Waals surface area contributed by atoms with Crippen LogP contribution in [0.15, 0.2) is 41.5 Å². The quantitative estimate of drug-likeness (QED) is 0.351. The van der Waals surface area contributed by atoms with Gasteiger partial charge in [0.2, 0.25) is 0 Å². The molecule has 0 aliphatic heterocycles. The predicted molar refractivity (Wildman–Crippen MR) is 55.0 cm³/mol. The maximum Gasteiger partial charge on any atom is 0.114 e.